The van der Waals surface area contributed by atoms with E-state index in [1.54, 1.807) is 4.90 Å². The predicted octanol–water partition coefficient (Wildman–Crippen LogP) is 2.19. The predicted molar refractivity (Wildman–Crippen MR) is 87.7 cm³/mol. The summed E-state index contributed by atoms with van der Waals surface area (Å²) in [4.78, 5) is 13.7. The molecule has 1 fully saturated rings. The summed E-state index contributed by atoms with van der Waals surface area (Å²) in [6.45, 7) is 12.1. The maximum atomic E-state index is 12.2. The van der Waals surface area contributed by atoms with Crippen LogP contribution in [0.5, 0.6) is 0 Å². The van der Waals surface area contributed by atoms with Gasteiger partial charge in [0.25, 0.3) is 0 Å². The summed E-state index contributed by atoms with van der Waals surface area (Å²) in [6.07, 6.45) is 1.94. The second kappa shape index (κ2) is 7.08. The highest BCUT2D eigenvalue weighted by molar-refractivity contribution is 5.91. The molecule has 1 aliphatic heterocycles. The Kier molecular flexibility index (Phi) is 5.40. The van der Waals surface area contributed by atoms with E-state index in [4.69, 9.17) is 0 Å². The van der Waals surface area contributed by atoms with E-state index in [0.29, 0.717) is 6.42 Å². The Labute approximate surface area is 128 Å². The number of hydrogen-bond acceptors (Lipinski definition) is 1. The van der Waals surface area contributed by atoms with Crippen LogP contribution in [0.4, 0.5) is 5.69 Å². The fourth-order valence-corrected chi connectivity index (χ4v) is 3.50. The largest absolute Gasteiger partial charge is 0.334 e. The van der Waals surface area contributed by atoms with Gasteiger partial charge < -0.3 is 10.2 Å². The zero-order valence-electron chi connectivity index (χ0n) is 13.8. The van der Waals surface area contributed by atoms with Crippen LogP contribution < -0.4 is 10.2 Å². The normalized spacial score (nSPS) is 25.6. The second-order valence-electron chi connectivity index (χ2n) is 6.97. The van der Waals surface area contributed by atoms with Crippen molar-refractivity contribution in [3.05, 3.63) is 29.3 Å². The minimum absolute atomic E-state index is 0.141. The molecule has 2 N–H and O–H groups in total. The van der Waals surface area contributed by atoms with E-state index >= 15 is 0 Å². The summed E-state index contributed by atoms with van der Waals surface area (Å²) in [6, 6.07) is 6.18. The van der Waals surface area contributed by atoms with E-state index < -0.39 is 0 Å². The summed E-state index contributed by atoms with van der Waals surface area (Å²) in [5, 5.41) is 3.06. The second-order valence-corrected chi connectivity index (χ2v) is 6.97. The van der Waals surface area contributed by atoms with Crippen LogP contribution in [0.3, 0.4) is 0 Å². The highest BCUT2D eigenvalue weighted by Gasteiger charge is 2.25. The molecule has 1 heterocycles. The van der Waals surface area contributed by atoms with Gasteiger partial charge in [-0.2, -0.15) is 0 Å². The Morgan fingerprint density at radius 1 is 1.24 bits per heavy atom. The lowest BCUT2D eigenvalue weighted by Gasteiger charge is -2.31. The Bertz CT molecular complexity index is 488. The first-order chi connectivity index (χ1) is 9.94. The molecule has 0 unspecified atom stereocenters. The van der Waals surface area contributed by atoms with Crippen LogP contribution in [-0.2, 0) is 4.79 Å². The van der Waals surface area contributed by atoms with Gasteiger partial charge in [-0.05, 0) is 37.5 Å². The molecule has 0 aliphatic carbocycles. The number of carbonyl (C=O) groups is 1. The number of quaternary nitrogens is 1. The average molecular weight is 289 g/mol. The lowest BCUT2D eigenvalue weighted by molar-refractivity contribution is -0.911. The third-order valence-electron chi connectivity index (χ3n) is 4.45. The van der Waals surface area contributed by atoms with Gasteiger partial charge in [-0.3, -0.25) is 4.79 Å². The zero-order chi connectivity index (χ0) is 15.4. The van der Waals surface area contributed by atoms with E-state index in [9.17, 15) is 4.79 Å². The molecule has 0 aromatic heterocycles. The standard InChI is InChI=1S/C18H28N2O/c1-13-5-6-16(4)17(10-13)19-18(21)7-8-20-11-14(2)9-15(3)12-20/h5-6,10,14-15H,7-9,11-12H2,1-4H3,(H,19,21)/p+1/t14-,15-/m1/s1. The van der Waals surface area contributed by atoms with Crippen molar-refractivity contribution < 1.29 is 9.69 Å². The molecule has 1 amide bonds. The van der Waals surface area contributed by atoms with Crippen molar-refractivity contribution in [2.75, 3.05) is 25.0 Å². The van der Waals surface area contributed by atoms with Crippen LogP contribution in [-0.4, -0.2) is 25.5 Å². The van der Waals surface area contributed by atoms with Crippen molar-refractivity contribution >= 4 is 11.6 Å². The Balaban J connectivity index is 1.83. The third-order valence-corrected chi connectivity index (χ3v) is 4.45. The maximum Gasteiger partial charge on any atom is 0.230 e. The smallest absolute Gasteiger partial charge is 0.230 e. The van der Waals surface area contributed by atoms with E-state index in [-0.39, 0.29) is 5.91 Å². The number of likely N-dealkylation sites (tertiary alicyclic amines) is 1. The molecule has 1 aliphatic rings. The molecule has 1 aromatic carbocycles. The molecule has 0 spiro atoms. The van der Waals surface area contributed by atoms with Gasteiger partial charge in [-0.15, -0.1) is 0 Å². The van der Waals surface area contributed by atoms with E-state index in [2.05, 4.69) is 38.2 Å². The molecular formula is C18H29N2O+. The van der Waals surface area contributed by atoms with Crippen molar-refractivity contribution in [3.63, 3.8) is 0 Å². The van der Waals surface area contributed by atoms with Crippen LogP contribution in [0, 0.1) is 25.7 Å². The van der Waals surface area contributed by atoms with Gasteiger partial charge in [0, 0.05) is 17.5 Å². The van der Waals surface area contributed by atoms with Crippen LogP contribution in [0.25, 0.3) is 0 Å². The molecule has 21 heavy (non-hydrogen) atoms. The van der Waals surface area contributed by atoms with Gasteiger partial charge in [0.05, 0.1) is 26.1 Å². The van der Waals surface area contributed by atoms with Gasteiger partial charge in [0.1, 0.15) is 0 Å². The molecule has 0 bridgehead atoms. The van der Waals surface area contributed by atoms with Gasteiger partial charge in [0.15, 0.2) is 0 Å². The van der Waals surface area contributed by atoms with Crippen LogP contribution >= 0.6 is 0 Å². The van der Waals surface area contributed by atoms with Crippen molar-refractivity contribution in [1.29, 1.82) is 0 Å². The van der Waals surface area contributed by atoms with Gasteiger partial charge >= 0.3 is 0 Å². The summed E-state index contributed by atoms with van der Waals surface area (Å²) >= 11 is 0. The summed E-state index contributed by atoms with van der Waals surface area (Å²) in [5.74, 6) is 1.71. The van der Waals surface area contributed by atoms with Crippen molar-refractivity contribution in [1.82, 2.24) is 0 Å². The van der Waals surface area contributed by atoms with E-state index in [1.807, 2.05) is 13.0 Å². The number of piperidine rings is 1. The lowest BCUT2D eigenvalue weighted by Crippen LogP contribution is -3.14. The lowest BCUT2D eigenvalue weighted by atomic mass is 9.92. The molecule has 1 saturated heterocycles. The Hall–Kier alpha value is -1.35. The zero-order valence-corrected chi connectivity index (χ0v) is 13.8. The van der Waals surface area contributed by atoms with E-state index in [0.717, 1.165) is 29.6 Å². The molecule has 116 valence electrons. The van der Waals surface area contributed by atoms with Crippen LogP contribution in [0.15, 0.2) is 18.2 Å². The third kappa shape index (κ3) is 4.85. The minimum Gasteiger partial charge on any atom is -0.334 e. The van der Waals surface area contributed by atoms with Crippen molar-refractivity contribution in [2.45, 2.75) is 40.5 Å². The number of rotatable bonds is 4. The molecule has 3 heteroatoms. The maximum absolute atomic E-state index is 12.2. The number of aryl methyl sites for hydroxylation is 2. The number of hydrogen-bond donors (Lipinski definition) is 2. The van der Waals surface area contributed by atoms with Gasteiger partial charge in [0.2, 0.25) is 5.91 Å². The fourth-order valence-electron chi connectivity index (χ4n) is 3.50. The first-order valence-electron chi connectivity index (χ1n) is 8.14. The monoisotopic (exact) mass is 289 g/mol. The van der Waals surface area contributed by atoms with Crippen LogP contribution in [0.2, 0.25) is 0 Å². The van der Waals surface area contributed by atoms with Gasteiger partial charge in [-0.25, -0.2) is 0 Å². The highest BCUT2D eigenvalue weighted by Crippen LogP contribution is 2.16. The van der Waals surface area contributed by atoms with Gasteiger partial charge in [-0.1, -0.05) is 26.0 Å². The van der Waals surface area contributed by atoms with Crippen molar-refractivity contribution in [3.8, 4) is 0 Å². The minimum atomic E-state index is 0.141. The van der Waals surface area contributed by atoms with E-state index in [1.165, 1.54) is 25.1 Å². The summed E-state index contributed by atoms with van der Waals surface area (Å²) in [7, 11) is 0. The highest BCUT2D eigenvalue weighted by atomic mass is 16.1. The topological polar surface area (TPSA) is 33.5 Å². The number of amides is 1. The first kappa shape index (κ1) is 16.0. The summed E-state index contributed by atoms with van der Waals surface area (Å²) in [5.41, 5.74) is 3.26. The number of anilines is 1. The first-order valence-corrected chi connectivity index (χ1v) is 8.14. The molecule has 2 atom stereocenters. The number of carbonyl (C=O) groups excluding carboxylic acids is 1. The molecule has 3 nitrogen and oxygen atoms in total. The molecule has 2 rings (SSSR count). The SMILES string of the molecule is Cc1ccc(C)c(NC(=O)CC[NH+]2C[C@H](C)C[C@@H](C)C2)c1. The number of nitrogens with one attached hydrogen (secondary N) is 2. The molecule has 0 saturated carbocycles. The molecule has 1 aromatic rings. The summed E-state index contributed by atoms with van der Waals surface area (Å²) < 4.78 is 0. The van der Waals surface area contributed by atoms with Crippen LogP contribution in [0.1, 0.15) is 37.8 Å². The fraction of sp³-hybridized carbons (Fsp3) is 0.611. The Morgan fingerprint density at radius 3 is 2.57 bits per heavy atom. The Morgan fingerprint density at radius 2 is 1.90 bits per heavy atom. The molecule has 0 radical (unpaired) electrons. The number of benzene rings is 1. The van der Waals surface area contributed by atoms with Crippen molar-refractivity contribution in [2.24, 2.45) is 11.8 Å². The molecular weight excluding hydrogens is 260 g/mol. The average Bonchev–Trinajstić information content (AvgIpc) is 2.40. The quantitative estimate of drug-likeness (QED) is 0.875.